The summed E-state index contributed by atoms with van der Waals surface area (Å²) < 4.78 is 1.10. The van der Waals surface area contributed by atoms with Gasteiger partial charge in [0.05, 0.1) is 3.79 Å². The molecule has 0 aliphatic carbocycles. The van der Waals surface area contributed by atoms with Crippen LogP contribution in [0.1, 0.15) is 0 Å². The number of thiophene rings is 1. The van der Waals surface area contributed by atoms with Gasteiger partial charge in [-0.25, -0.2) is 9.97 Å². The molecule has 2 heterocycles. The highest BCUT2D eigenvalue weighted by atomic mass is 79.9. The fraction of sp³-hybridized carbons (Fsp3) is 0.200. The Labute approximate surface area is 106 Å². The predicted octanol–water partition coefficient (Wildman–Crippen LogP) is 2.34. The first-order valence-electron chi connectivity index (χ1n) is 4.81. The maximum absolute atomic E-state index is 5.38. The molecule has 0 aliphatic rings. The zero-order valence-corrected chi connectivity index (χ0v) is 10.9. The second kappa shape index (κ2) is 5.38. The molecule has 0 saturated carbocycles. The number of nitrogens with zero attached hydrogens (tertiary/aromatic N) is 2. The first-order valence-corrected chi connectivity index (χ1v) is 6.42. The van der Waals surface area contributed by atoms with E-state index in [9.17, 15) is 0 Å². The standard InChI is InChI=1S/C10H11BrN4S/c11-9-2-1-8(16-9)7-5-14-10(15-6-7)13-4-3-12/h1-2,5-6H,3-4,12H2,(H,13,14,15). The van der Waals surface area contributed by atoms with E-state index in [4.69, 9.17) is 5.73 Å². The molecule has 2 rings (SSSR count). The van der Waals surface area contributed by atoms with Gasteiger partial charge >= 0.3 is 0 Å². The Kier molecular flexibility index (Phi) is 3.87. The van der Waals surface area contributed by atoms with Crippen LogP contribution in [0.3, 0.4) is 0 Å². The fourth-order valence-electron chi connectivity index (χ4n) is 1.20. The molecule has 2 aromatic heterocycles. The molecule has 0 fully saturated rings. The highest BCUT2D eigenvalue weighted by molar-refractivity contribution is 9.11. The van der Waals surface area contributed by atoms with Crippen LogP contribution >= 0.6 is 27.3 Å². The molecule has 16 heavy (non-hydrogen) atoms. The van der Waals surface area contributed by atoms with Gasteiger partial charge in [-0.2, -0.15) is 0 Å². The van der Waals surface area contributed by atoms with Crippen LogP contribution in [0.15, 0.2) is 28.3 Å². The van der Waals surface area contributed by atoms with Crippen LogP contribution in [-0.2, 0) is 0 Å². The molecule has 3 N–H and O–H groups in total. The summed E-state index contributed by atoms with van der Waals surface area (Å²) in [6.45, 7) is 1.26. The molecule has 2 aromatic rings. The van der Waals surface area contributed by atoms with E-state index in [0.29, 0.717) is 19.0 Å². The summed E-state index contributed by atoms with van der Waals surface area (Å²) >= 11 is 5.09. The molecule has 0 aliphatic heterocycles. The van der Waals surface area contributed by atoms with E-state index in [1.54, 1.807) is 11.3 Å². The van der Waals surface area contributed by atoms with Gasteiger partial charge in [0, 0.05) is 35.9 Å². The fourth-order valence-corrected chi connectivity index (χ4v) is 2.56. The first kappa shape index (κ1) is 11.5. The van der Waals surface area contributed by atoms with E-state index in [-0.39, 0.29) is 0 Å². The van der Waals surface area contributed by atoms with Gasteiger partial charge in [0.25, 0.3) is 0 Å². The number of aromatic nitrogens is 2. The molecule has 4 nitrogen and oxygen atoms in total. The van der Waals surface area contributed by atoms with Gasteiger partial charge in [0.2, 0.25) is 5.95 Å². The Morgan fingerprint density at radius 2 is 2.06 bits per heavy atom. The van der Waals surface area contributed by atoms with Crippen LogP contribution in [0.4, 0.5) is 5.95 Å². The number of hydrogen-bond donors (Lipinski definition) is 2. The van der Waals surface area contributed by atoms with Crippen LogP contribution in [-0.4, -0.2) is 23.1 Å². The highest BCUT2D eigenvalue weighted by Gasteiger charge is 2.02. The Morgan fingerprint density at radius 1 is 1.31 bits per heavy atom. The number of nitrogens with one attached hydrogen (secondary N) is 1. The Bertz CT molecular complexity index is 454. The van der Waals surface area contributed by atoms with Crippen LogP contribution in [0, 0.1) is 0 Å². The smallest absolute Gasteiger partial charge is 0.222 e. The van der Waals surface area contributed by atoms with Gasteiger partial charge in [-0.1, -0.05) is 0 Å². The average molecular weight is 299 g/mol. The maximum Gasteiger partial charge on any atom is 0.222 e. The minimum absolute atomic E-state index is 0.572. The Morgan fingerprint density at radius 3 is 2.62 bits per heavy atom. The minimum atomic E-state index is 0.572. The molecule has 0 bridgehead atoms. The summed E-state index contributed by atoms with van der Waals surface area (Å²) in [5, 5.41) is 3.03. The molecule has 0 unspecified atom stereocenters. The van der Waals surface area contributed by atoms with E-state index in [1.165, 1.54) is 0 Å². The third-order valence-corrected chi connectivity index (χ3v) is 3.61. The summed E-state index contributed by atoms with van der Waals surface area (Å²) in [4.78, 5) is 9.58. The van der Waals surface area contributed by atoms with Crippen molar-refractivity contribution in [2.45, 2.75) is 0 Å². The average Bonchev–Trinajstić information content (AvgIpc) is 2.74. The van der Waals surface area contributed by atoms with Crippen molar-refractivity contribution in [2.75, 3.05) is 18.4 Å². The van der Waals surface area contributed by atoms with Crippen molar-refractivity contribution >= 4 is 33.2 Å². The zero-order chi connectivity index (χ0) is 11.4. The van der Waals surface area contributed by atoms with Gasteiger partial charge < -0.3 is 11.1 Å². The second-order valence-electron chi connectivity index (χ2n) is 3.11. The lowest BCUT2D eigenvalue weighted by atomic mass is 10.3. The number of hydrogen-bond acceptors (Lipinski definition) is 5. The molecule has 84 valence electrons. The van der Waals surface area contributed by atoms with Gasteiger partial charge in [-0.05, 0) is 28.1 Å². The topological polar surface area (TPSA) is 63.8 Å². The lowest BCUT2D eigenvalue weighted by Gasteiger charge is -2.02. The van der Waals surface area contributed by atoms with E-state index < -0.39 is 0 Å². The van der Waals surface area contributed by atoms with Crippen molar-refractivity contribution in [3.8, 4) is 10.4 Å². The summed E-state index contributed by atoms with van der Waals surface area (Å²) in [5.74, 6) is 0.616. The molecule has 0 atom stereocenters. The normalized spacial score (nSPS) is 10.4. The SMILES string of the molecule is NCCNc1ncc(-c2ccc(Br)s2)cn1. The monoisotopic (exact) mass is 298 g/mol. The van der Waals surface area contributed by atoms with Gasteiger partial charge in [-0.3, -0.25) is 0 Å². The number of nitrogens with two attached hydrogens (primary N) is 1. The first-order chi connectivity index (χ1) is 7.79. The summed E-state index contributed by atoms with van der Waals surface area (Å²) in [7, 11) is 0. The molecule has 0 saturated heterocycles. The summed E-state index contributed by atoms with van der Waals surface area (Å²) in [6.07, 6.45) is 3.62. The van der Waals surface area contributed by atoms with Crippen molar-refractivity contribution in [1.29, 1.82) is 0 Å². The lowest BCUT2D eigenvalue weighted by Crippen LogP contribution is -2.14. The summed E-state index contributed by atoms with van der Waals surface area (Å²) in [6, 6.07) is 4.06. The summed E-state index contributed by atoms with van der Waals surface area (Å²) in [5.41, 5.74) is 6.40. The molecule has 0 amide bonds. The van der Waals surface area contributed by atoms with Gasteiger partial charge in [0.1, 0.15) is 0 Å². The van der Waals surface area contributed by atoms with Crippen molar-refractivity contribution < 1.29 is 0 Å². The number of halogens is 1. The van der Waals surface area contributed by atoms with E-state index in [0.717, 1.165) is 14.2 Å². The minimum Gasteiger partial charge on any atom is -0.353 e. The molecular formula is C10H11BrN4S. The third-order valence-electron chi connectivity index (χ3n) is 1.94. The molecule has 6 heteroatoms. The van der Waals surface area contributed by atoms with E-state index in [1.807, 2.05) is 24.5 Å². The van der Waals surface area contributed by atoms with Crippen LogP contribution in [0.25, 0.3) is 10.4 Å². The largest absolute Gasteiger partial charge is 0.353 e. The van der Waals surface area contributed by atoms with E-state index >= 15 is 0 Å². The predicted molar refractivity (Wildman–Crippen MR) is 70.6 cm³/mol. The van der Waals surface area contributed by atoms with Crippen molar-refractivity contribution in [3.63, 3.8) is 0 Å². The van der Waals surface area contributed by atoms with Crippen LogP contribution in [0.5, 0.6) is 0 Å². The Hall–Kier alpha value is -0.980. The van der Waals surface area contributed by atoms with Crippen molar-refractivity contribution in [2.24, 2.45) is 5.73 Å². The Balaban J connectivity index is 2.13. The van der Waals surface area contributed by atoms with Crippen LogP contribution < -0.4 is 11.1 Å². The number of rotatable bonds is 4. The lowest BCUT2D eigenvalue weighted by molar-refractivity contribution is 0.990. The van der Waals surface area contributed by atoms with Crippen LogP contribution in [0.2, 0.25) is 0 Å². The second-order valence-corrected chi connectivity index (χ2v) is 5.58. The van der Waals surface area contributed by atoms with Gasteiger partial charge in [0.15, 0.2) is 0 Å². The number of anilines is 1. The third kappa shape index (κ3) is 2.78. The highest BCUT2D eigenvalue weighted by Crippen LogP contribution is 2.30. The molecule has 0 radical (unpaired) electrons. The van der Waals surface area contributed by atoms with Crippen molar-refractivity contribution in [1.82, 2.24) is 9.97 Å². The van der Waals surface area contributed by atoms with E-state index in [2.05, 4.69) is 31.2 Å². The quantitative estimate of drug-likeness (QED) is 0.909. The van der Waals surface area contributed by atoms with Crippen molar-refractivity contribution in [3.05, 3.63) is 28.3 Å². The zero-order valence-electron chi connectivity index (χ0n) is 8.48. The molecular weight excluding hydrogens is 288 g/mol. The maximum atomic E-state index is 5.38. The van der Waals surface area contributed by atoms with Gasteiger partial charge in [-0.15, -0.1) is 11.3 Å². The molecule has 0 aromatic carbocycles. The molecule has 0 spiro atoms.